The van der Waals surface area contributed by atoms with Gasteiger partial charge in [-0.15, -0.1) is 0 Å². The molecular weight excluding hydrogens is 328 g/mol. The van der Waals surface area contributed by atoms with Crippen LogP contribution in [-0.4, -0.2) is 41.5 Å². The maximum atomic E-state index is 13.2. The smallest absolute Gasteiger partial charge is 0.319 e. The lowest BCUT2D eigenvalue weighted by Gasteiger charge is -2.57. The average molecular weight is 352 g/mol. The maximum Gasteiger partial charge on any atom is 0.319 e. The van der Waals surface area contributed by atoms with E-state index in [0.29, 0.717) is 18.3 Å². The Kier molecular flexibility index (Phi) is 3.27. The molecule has 1 saturated carbocycles. The summed E-state index contributed by atoms with van der Waals surface area (Å²) in [4.78, 5) is 31.8. The normalized spacial score (nSPS) is 32.5. The van der Waals surface area contributed by atoms with Crippen molar-refractivity contribution in [1.29, 1.82) is 0 Å². The van der Waals surface area contributed by atoms with Gasteiger partial charge in [0.15, 0.2) is 0 Å². The van der Waals surface area contributed by atoms with Crippen molar-refractivity contribution in [2.24, 2.45) is 11.8 Å². The van der Waals surface area contributed by atoms with Gasteiger partial charge >= 0.3 is 5.97 Å². The number of methoxy groups -OCH3 is 1. The highest BCUT2D eigenvalue weighted by molar-refractivity contribution is 5.96. The number of H-pyrrole nitrogens is 1. The summed E-state index contributed by atoms with van der Waals surface area (Å²) in [5.74, 6) is 0.874. The standard InChI is InChI=1S/C21H24N2O3/c1-3-12-8-17-21(20(25)26-2)10-13(12)11-23(17)18(24)9-15-14-6-4-5-7-16(14)22-19(15)21/h4-7,12-13,17,22H,3,8-11H2,1-2H3. The molecule has 0 radical (unpaired) electrons. The molecule has 4 unspecified atom stereocenters. The fourth-order valence-corrected chi connectivity index (χ4v) is 5.95. The fraction of sp³-hybridized carbons (Fsp3) is 0.524. The van der Waals surface area contributed by atoms with Gasteiger partial charge in [0.2, 0.25) is 5.91 Å². The second-order valence-electron chi connectivity index (χ2n) is 8.09. The van der Waals surface area contributed by atoms with E-state index in [9.17, 15) is 9.59 Å². The van der Waals surface area contributed by atoms with Crippen LogP contribution < -0.4 is 0 Å². The number of esters is 1. The first kappa shape index (κ1) is 15.9. The molecule has 0 spiro atoms. The molecule has 4 atom stereocenters. The molecule has 2 saturated heterocycles. The van der Waals surface area contributed by atoms with Crippen molar-refractivity contribution in [3.8, 4) is 0 Å². The number of amides is 1. The van der Waals surface area contributed by atoms with E-state index in [1.165, 1.54) is 7.11 Å². The largest absolute Gasteiger partial charge is 0.468 e. The molecule has 1 aromatic heterocycles. The van der Waals surface area contributed by atoms with Crippen molar-refractivity contribution in [2.45, 2.75) is 44.1 Å². The van der Waals surface area contributed by atoms with Gasteiger partial charge in [-0.1, -0.05) is 31.5 Å². The van der Waals surface area contributed by atoms with Crippen LogP contribution in [0.4, 0.5) is 0 Å². The van der Waals surface area contributed by atoms with Gasteiger partial charge in [-0.2, -0.15) is 0 Å². The number of carbonyl (C=O) groups excluding carboxylic acids is 2. The number of piperidine rings is 2. The summed E-state index contributed by atoms with van der Waals surface area (Å²) in [6, 6.07) is 7.93. The SMILES string of the molecule is CCC1CC2N3CC1CC2(C(=O)OC)c1[nH]c2ccccc2c1CC3=O. The van der Waals surface area contributed by atoms with Crippen LogP contribution >= 0.6 is 0 Å². The van der Waals surface area contributed by atoms with E-state index >= 15 is 0 Å². The number of para-hydroxylation sites is 1. The Balaban J connectivity index is 1.80. The van der Waals surface area contributed by atoms with Crippen LogP contribution in [0.15, 0.2) is 24.3 Å². The van der Waals surface area contributed by atoms with Crippen LogP contribution in [0.5, 0.6) is 0 Å². The topological polar surface area (TPSA) is 62.4 Å². The van der Waals surface area contributed by atoms with Crippen LogP contribution in [0.3, 0.4) is 0 Å². The lowest BCUT2D eigenvalue weighted by molar-refractivity contribution is -0.165. The first-order valence-electron chi connectivity index (χ1n) is 9.58. The summed E-state index contributed by atoms with van der Waals surface area (Å²) in [6.45, 7) is 2.99. The number of carbonyl (C=O) groups is 2. The molecule has 1 aromatic carbocycles. The highest BCUT2D eigenvalue weighted by Crippen LogP contribution is 2.55. The van der Waals surface area contributed by atoms with Crippen molar-refractivity contribution in [1.82, 2.24) is 9.88 Å². The summed E-state index contributed by atoms with van der Waals surface area (Å²) < 4.78 is 5.33. The number of ether oxygens (including phenoxy) is 1. The molecule has 6 rings (SSSR count). The third kappa shape index (κ3) is 1.81. The summed E-state index contributed by atoms with van der Waals surface area (Å²) in [5.41, 5.74) is 2.14. The van der Waals surface area contributed by atoms with Crippen molar-refractivity contribution in [2.75, 3.05) is 13.7 Å². The number of hydrogen-bond donors (Lipinski definition) is 1. The van der Waals surface area contributed by atoms with E-state index in [2.05, 4.69) is 11.9 Å². The zero-order chi connectivity index (χ0) is 18.1. The molecule has 136 valence electrons. The fourth-order valence-electron chi connectivity index (χ4n) is 5.95. The molecule has 1 aliphatic carbocycles. The number of nitrogens with zero attached hydrogens (tertiary/aromatic N) is 1. The first-order chi connectivity index (χ1) is 12.6. The summed E-state index contributed by atoms with van der Waals surface area (Å²) in [7, 11) is 1.47. The lowest BCUT2D eigenvalue weighted by atomic mass is 9.56. The van der Waals surface area contributed by atoms with E-state index in [-0.39, 0.29) is 17.9 Å². The van der Waals surface area contributed by atoms with Gasteiger partial charge in [0.05, 0.1) is 19.6 Å². The Morgan fingerprint density at radius 3 is 2.92 bits per heavy atom. The van der Waals surface area contributed by atoms with Crippen molar-refractivity contribution < 1.29 is 14.3 Å². The van der Waals surface area contributed by atoms with Crippen LogP contribution in [0.2, 0.25) is 0 Å². The molecular formula is C21H24N2O3. The molecule has 26 heavy (non-hydrogen) atoms. The Labute approximate surface area is 152 Å². The average Bonchev–Trinajstić information content (AvgIpc) is 3.02. The van der Waals surface area contributed by atoms with Crippen LogP contribution in [0.1, 0.15) is 37.4 Å². The van der Waals surface area contributed by atoms with E-state index in [0.717, 1.165) is 48.0 Å². The zero-order valence-electron chi connectivity index (χ0n) is 15.2. The predicted octanol–water partition coefficient (Wildman–Crippen LogP) is 2.78. The van der Waals surface area contributed by atoms with Gasteiger partial charge in [0, 0.05) is 23.1 Å². The Bertz CT molecular complexity index is 917. The quantitative estimate of drug-likeness (QED) is 0.846. The number of rotatable bonds is 2. The van der Waals surface area contributed by atoms with Gasteiger partial charge in [-0.05, 0) is 36.3 Å². The number of aromatic amines is 1. The molecule has 1 amide bonds. The number of nitrogens with one attached hydrogen (secondary N) is 1. The first-order valence-corrected chi connectivity index (χ1v) is 9.58. The summed E-state index contributed by atoms with van der Waals surface area (Å²) >= 11 is 0. The zero-order valence-corrected chi connectivity index (χ0v) is 15.2. The molecule has 4 heterocycles. The van der Waals surface area contributed by atoms with Gasteiger partial charge in [0.1, 0.15) is 5.41 Å². The molecule has 5 nitrogen and oxygen atoms in total. The van der Waals surface area contributed by atoms with Gasteiger partial charge < -0.3 is 14.6 Å². The molecule has 3 aliphatic heterocycles. The van der Waals surface area contributed by atoms with E-state index < -0.39 is 5.41 Å². The van der Waals surface area contributed by atoms with Crippen LogP contribution in [0, 0.1) is 11.8 Å². The summed E-state index contributed by atoms with van der Waals surface area (Å²) in [5, 5.41) is 1.05. The molecule has 1 N–H and O–H groups in total. The number of hydrogen-bond acceptors (Lipinski definition) is 3. The van der Waals surface area contributed by atoms with Crippen LogP contribution in [-0.2, 0) is 26.2 Å². The van der Waals surface area contributed by atoms with Gasteiger partial charge in [-0.3, -0.25) is 9.59 Å². The number of benzene rings is 1. The van der Waals surface area contributed by atoms with Crippen molar-refractivity contribution in [3.63, 3.8) is 0 Å². The van der Waals surface area contributed by atoms with E-state index in [1.807, 2.05) is 29.2 Å². The maximum absolute atomic E-state index is 13.2. The molecule has 5 heteroatoms. The summed E-state index contributed by atoms with van der Waals surface area (Å²) in [6.07, 6.45) is 3.11. The van der Waals surface area contributed by atoms with Gasteiger partial charge in [0.25, 0.3) is 0 Å². The minimum atomic E-state index is -0.760. The van der Waals surface area contributed by atoms with Crippen molar-refractivity contribution >= 4 is 22.8 Å². The lowest BCUT2D eigenvalue weighted by Crippen LogP contribution is -2.67. The van der Waals surface area contributed by atoms with Crippen molar-refractivity contribution in [3.05, 3.63) is 35.5 Å². The van der Waals surface area contributed by atoms with Gasteiger partial charge in [-0.25, -0.2) is 0 Å². The van der Waals surface area contributed by atoms with Crippen LogP contribution in [0.25, 0.3) is 10.9 Å². The number of aromatic nitrogens is 1. The Morgan fingerprint density at radius 2 is 2.19 bits per heavy atom. The number of fused-ring (bicyclic) bond motifs is 4. The second-order valence-corrected chi connectivity index (χ2v) is 8.09. The predicted molar refractivity (Wildman–Crippen MR) is 97.7 cm³/mol. The molecule has 2 aromatic rings. The minimum absolute atomic E-state index is 0.105. The third-order valence-corrected chi connectivity index (χ3v) is 7.14. The van der Waals surface area contributed by atoms with E-state index in [4.69, 9.17) is 4.74 Å². The van der Waals surface area contributed by atoms with E-state index in [1.54, 1.807) is 0 Å². The minimum Gasteiger partial charge on any atom is -0.468 e. The highest BCUT2D eigenvalue weighted by atomic mass is 16.5. The Morgan fingerprint density at radius 1 is 1.38 bits per heavy atom. The molecule has 3 fully saturated rings. The monoisotopic (exact) mass is 352 g/mol. The third-order valence-electron chi connectivity index (χ3n) is 7.14. The molecule has 4 bridgehead atoms. The molecule has 4 aliphatic rings. The second kappa shape index (κ2) is 5.35. The highest BCUT2D eigenvalue weighted by Gasteiger charge is 2.63. The Hall–Kier alpha value is -2.30.